The third-order valence-electron chi connectivity index (χ3n) is 4.81. The second-order valence-corrected chi connectivity index (χ2v) is 7.35. The van der Waals surface area contributed by atoms with E-state index < -0.39 is 0 Å². The van der Waals surface area contributed by atoms with Crippen molar-refractivity contribution >= 4 is 23.7 Å². The molecule has 1 aromatic heterocycles. The molecule has 0 saturated heterocycles. The zero-order valence-corrected chi connectivity index (χ0v) is 17.7. The van der Waals surface area contributed by atoms with Crippen molar-refractivity contribution in [3.05, 3.63) is 81.6 Å². The Hall–Kier alpha value is -3.05. The molecule has 2 aromatic carbocycles. The van der Waals surface area contributed by atoms with Crippen LogP contribution in [0.15, 0.2) is 53.6 Å². The third kappa shape index (κ3) is 4.87. The number of aromatic nitrogens is 1. The van der Waals surface area contributed by atoms with Gasteiger partial charge in [-0.2, -0.15) is 5.10 Å². The average Bonchev–Trinajstić information content (AvgIpc) is 2.97. The summed E-state index contributed by atoms with van der Waals surface area (Å²) in [6.07, 6.45) is 1.65. The van der Waals surface area contributed by atoms with Gasteiger partial charge in [0.25, 0.3) is 5.91 Å². The summed E-state index contributed by atoms with van der Waals surface area (Å²) in [5.41, 5.74) is 9.19. The second-order valence-electron chi connectivity index (χ2n) is 6.94. The van der Waals surface area contributed by atoms with Crippen molar-refractivity contribution in [3.63, 3.8) is 0 Å². The molecule has 5 nitrogen and oxygen atoms in total. The molecule has 1 amide bonds. The van der Waals surface area contributed by atoms with E-state index in [0.29, 0.717) is 10.8 Å². The van der Waals surface area contributed by atoms with Gasteiger partial charge in [0.2, 0.25) is 0 Å². The van der Waals surface area contributed by atoms with Crippen LogP contribution < -0.4 is 10.2 Å². The molecule has 1 N–H and O–H groups in total. The number of halogens is 1. The van der Waals surface area contributed by atoms with Crippen LogP contribution in [0, 0.1) is 27.7 Å². The normalized spacial score (nSPS) is 11.1. The first-order valence-electron chi connectivity index (χ1n) is 9.32. The molecular formula is C23H24ClN3O2. The van der Waals surface area contributed by atoms with Gasteiger partial charge in [0.15, 0.2) is 6.61 Å². The summed E-state index contributed by atoms with van der Waals surface area (Å²) in [6.45, 7) is 8.13. The van der Waals surface area contributed by atoms with E-state index in [9.17, 15) is 4.79 Å². The van der Waals surface area contributed by atoms with E-state index in [0.717, 1.165) is 22.6 Å². The highest BCUT2D eigenvalue weighted by Crippen LogP contribution is 2.23. The van der Waals surface area contributed by atoms with E-state index in [2.05, 4.69) is 54.1 Å². The number of carbonyl (C=O) groups excluding carboxylic acids is 1. The van der Waals surface area contributed by atoms with Gasteiger partial charge in [0.1, 0.15) is 5.75 Å². The van der Waals surface area contributed by atoms with Crippen molar-refractivity contribution in [2.45, 2.75) is 27.7 Å². The number of hydrazone groups is 1. The highest BCUT2D eigenvalue weighted by atomic mass is 35.5. The summed E-state index contributed by atoms with van der Waals surface area (Å²) in [5, 5.41) is 4.53. The van der Waals surface area contributed by atoms with Gasteiger partial charge < -0.3 is 9.30 Å². The van der Waals surface area contributed by atoms with Crippen LogP contribution in [0.2, 0.25) is 5.02 Å². The number of hydrogen-bond donors (Lipinski definition) is 1. The first kappa shape index (κ1) is 20.7. The molecule has 0 atom stereocenters. The minimum atomic E-state index is -0.357. The van der Waals surface area contributed by atoms with Crippen LogP contribution in [-0.2, 0) is 4.79 Å². The van der Waals surface area contributed by atoms with E-state index in [-0.39, 0.29) is 12.5 Å². The number of nitrogens with one attached hydrogen (secondary N) is 1. The highest BCUT2D eigenvalue weighted by Gasteiger charge is 2.10. The van der Waals surface area contributed by atoms with Crippen LogP contribution in [0.25, 0.3) is 5.69 Å². The van der Waals surface area contributed by atoms with Crippen LogP contribution in [0.3, 0.4) is 0 Å². The van der Waals surface area contributed by atoms with Crippen LogP contribution in [0.5, 0.6) is 5.75 Å². The van der Waals surface area contributed by atoms with Crippen molar-refractivity contribution in [3.8, 4) is 11.4 Å². The molecule has 6 heteroatoms. The molecule has 0 bridgehead atoms. The molecule has 3 rings (SSSR count). The Morgan fingerprint density at radius 1 is 1.10 bits per heavy atom. The summed E-state index contributed by atoms with van der Waals surface area (Å²) >= 11 is 6.01. The van der Waals surface area contributed by atoms with Crippen LogP contribution in [-0.4, -0.2) is 23.3 Å². The van der Waals surface area contributed by atoms with Gasteiger partial charge in [-0.25, -0.2) is 5.43 Å². The topological polar surface area (TPSA) is 55.6 Å². The maximum atomic E-state index is 12.0. The van der Waals surface area contributed by atoms with Gasteiger partial charge in [-0.15, -0.1) is 0 Å². The summed E-state index contributed by atoms with van der Waals surface area (Å²) < 4.78 is 7.58. The minimum absolute atomic E-state index is 0.164. The third-order valence-corrected chi connectivity index (χ3v) is 5.12. The lowest BCUT2D eigenvalue weighted by Crippen LogP contribution is -2.24. The largest absolute Gasteiger partial charge is 0.482 e. The van der Waals surface area contributed by atoms with E-state index in [4.69, 9.17) is 16.3 Å². The first-order chi connectivity index (χ1) is 13.9. The van der Waals surface area contributed by atoms with Crippen molar-refractivity contribution in [2.75, 3.05) is 6.61 Å². The minimum Gasteiger partial charge on any atom is -0.482 e. The summed E-state index contributed by atoms with van der Waals surface area (Å²) in [7, 11) is 0. The molecule has 29 heavy (non-hydrogen) atoms. The summed E-state index contributed by atoms with van der Waals surface area (Å²) in [6, 6.07) is 15.5. The van der Waals surface area contributed by atoms with Gasteiger partial charge in [-0.3, -0.25) is 4.79 Å². The van der Waals surface area contributed by atoms with Crippen molar-refractivity contribution in [1.82, 2.24) is 9.99 Å². The van der Waals surface area contributed by atoms with Gasteiger partial charge >= 0.3 is 0 Å². The number of amides is 1. The average molecular weight is 410 g/mol. The highest BCUT2D eigenvalue weighted by molar-refractivity contribution is 6.32. The fraction of sp³-hybridized carbons (Fsp3) is 0.217. The number of carbonyl (C=O) groups is 1. The zero-order valence-electron chi connectivity index (χ0n) is 17.0. The Kier molecular flexibility index (Phi) is 6.39. The maximum Gasteiger partial charge on any atom is 0.277 e. The molecule has 0 radical (unpaired) electrons. The van der Waals surface area contributed by atoms with Crippen LogP contribution in [0.4, 0.5) is 0 Å². The van der Waals surface area contributed by atoms with E-state index in [1.54, 1.807) is 30.5 Å². The van der Waals surface area contributed by atoms with Gasteiger partial charge in [-0.05, 0) is 69.2 Å². The lowest BCUT2D eigenvalue weighted by molar-refractivity contribution is -0.123. The van der Waals surface area contributed by atoms with Gasteiger partial charge in [0, 0.05) is 22.6 Å². The van der Waals surface area contributed by atoms with E-state index >= 15 is 0 Å². The monoisotopic (exact) mass is 409 g/mol. The predicted molar refractivity (Wildman–Crippen MR) is 117 cm³/mol. The standard InChI is InChI=1S/C23H24ClN3O2/c1-15-9-10-20(11-16(15)2)27-17(3)12-19(18(27)4)13-25-26-23(28)14-29-22-8-6-5-7-21(22)24/h5-13H,14H2,1-4H3,(H,26,28)/b25-13-. The molecule has 150 valence electrons. The molecule has 0 fully saturated rings. The molecule has 0 aliphatic heterocycles. The quantitative estimate of drug-likeness (QED) is 0.465. The summed E-state index contributed by atoms with van der Waals surface area (Å²) in [5.74, 6) is 0.106. The molecular weight excluding hydrogens is 386 g/mol. The van der Waals surface area contributed by atoms with Crippen molar-refractivity contribution in [2.24, 2.45) is 5.10 Å². The molecule has 1 heterocycles. The molecule has 0 unspecified atom stereocenters. The predicted octanol–water partition coefficient (Wildman–Crippen LogP) is 4.89. The second kappa shape index (κ2) is 8.97. The zero-order chi connectivity index (χ0) is 21.0. The Balaban J connectivity index is 1.66. The molecule has 0 saturated carbocycles. The Morgan fingerprint density at radius 2 is 1.86 bits per heavy atom. The number of benzene rings is 2. The maximum absolute atomic E-state index is 12.0. The molecule has 0 spiro atoms. The van der Waals surface area contributed by atoms with E-state index in [1.807, 2.05) is 13.0 Å². The van der Waals surface area contributed by atoms with Gasteiger partial charge in [-0.1, -0.05) is 29.8 Å². The number of aryl methyl sites for hydroxylation is 3. The van der Waals surface area contributed by atoms with E-state index in [1.165, 1.54) is 11.1 Å². The number of rotatable bonds is 6. The Bertz CT molecular complexity index is 1070. The fourth-order valence-corrected chi connectivity index (χ4v) is 3.28. The molecule has 3 aromatic rings. The number of nitrogens with zero attached hydrogens (tertiary/aromatic N) is 2. The number of hydrogen-bond acceptors (Lipinski definition) is 3. The number of para-hydroxylation sites is 1. The SMILES string of the molecule is Cc1ccc(-n2c(C)cc(/C=N\NC(=O)COc3ccccc3Cl)c2C)cc1C. The summed E-state index contributed by atoms with van der Waals surface area (Å²) in [4.78, 5) is 12.0. The molecule has 0 aliphatic rings. The molecule has 0 aliphatic carbocycles. The fourth-order valence-electron chi connectivity index (χ4n) is 3.09. The van der Waals surface area contributed by atoms with Gasteiger partial charge in [0.05, 0.1) is 11.2 Å². The lowest BCUT2D eigenvalue weighted by atomic mass is 10.1. The lowest BCUT2D eigenvalue weighted by Gasteiger charge is -2.11. The number of ether oxygens (including phenoxy) is 1. The Labute approximate surface area is 176 Å². The van der Waals surface area contributed by atoms with Crippen LogP contribution in [0.1, 0.15) is 28.1 Å². The van der Waals surface area contributed by atoms with Crippen molar-refractivity contribution < 1.29 is 9.53 Å². The van der Waals surface area contributed by atoms with Crippen LogP contribution >= 0.6 is 11.6 Å². The van der Waals surface area contributed by atoms with Crippen molar-refractivity contribution in [1.29, 1.82) is 0 Å². The smallest absolute Gasteiger partial charge is 0.277 e. The first-order valence-corrected chi connectivity index (χ1v) is 9.70. The Morgan fingerprint density at radius 3 is 2.59 bits per heavy atom.